The van der Waals surface area contributed by atoms with Crippen molar-refractivity contribution in [3.63, 3.8) is 0 Å². The third kappa shape index (κ3) is 5.26. The van der Waals surface area contributed by atoms with E-state index in [0.29, 0.717) is 13.2 Å². The van der Waals surface area contributed by atoms with E-state index in [9.17, 15) is 0 Å². The van der Waals surface area contributed by atoms with Crippen LogP contribution in [0.4, 0.5) is 0 Å². The number of hydroxylamine groups is 1. The molecule has 0 unspecified atom stereocenters. The Hall–Kier alpha value is -0.100. The van der Waals surface area contributed by atoms with Crippen molar-refractivity contribution < 1.29 is 9.57 Å². The van der Waals surface area contributed by atoms with Crippen LogP contribution in [-0.2, 0) is 11.4 Å². The van der Waals surface area contributed by atoms with Crippen LogP contribution >= 0.6 is 31.9 Å². The maximum atomic E-state index is 5.54. The molecule has 0 bridgehead atoms. The molecular weight excluding hydrogens is 362 g/mol. The molecule has 0 aliphatic rings. The molecule has 1 N–H and O–H groups in total. The van der Waals surface area contributed by atoms with Crippen molar-refractivity contribution in [1.29, 1.82) is 0 Å². The molecule has 0 aliphatic heterocycles. The minimum absolute atomic E-state index is 0.195. The number of benzene rings is 1. The molecule has 0 saturated carbocycles. The van der Waals surface area contributed by atoms with Crippen LogP contribution < -0.4 is 10.2 Å². The quantitative estimate of drug-likeness (QED) is 0.766. The first kappa shape index (κ1) is 16.0. The molecule has 3 nitrogen and oxygen atoms in total. The summed E-state index contributed by atoms with van der Waals surface area (Å²) < 4.78 is 7.41. The van der Waals surface area contributed by atoms with Gasteiger partial charge in [0.05, 0.1) is 21.2 Å². The average molecular weight is 381 g/mol. The lowest BCUT2D eigenvalue weighted by atomic mass is 10.2. The van der Waals surface area contributed by atoms with E-state index in [0.717, 1.165) is 20.3 Å². The Balaban J connectivity index is 2.68. The molecule has 0 amide bonds. The van der Waals surface area contributed by atoms with Crippen molar-refractivity contribution >= 4 is 31.9 Å². The second-order valence-corrected chi connectivity index (χ2v) is 6.57. The number of rotatable bonds is 5. The highest BCUT2D eigenvalue weighted by atomic mass is 79.9. The number of hydrogen-bond donors (Lipinski definition) is 1. The first-order valence-electron chi connectivity index (χ1n) is 5.85. The molecule has 102 valence electrons. The molecular formula is C13H19Br2NO2. The summed E-state index contributed by atoms with van der Waals surface area (Å²) in [6.07, 6.45) is 0. The van der Waals surface area contributed by atoms with Gasteiger partial charge in [-0.15, -0.1) is 0 Å². The molecule has 0 radical (unpaired) electrons. The van der Waals surface area contributed by atoms with Crippen molar-refractivity contribution in [1.82, 2.24) is 5.48 Å². The van der Waals surface area contributed by atoms with Crippen molar-refractivity contribution in [2.45, 2.75) is 39.8 Å². The SMILES string of the molecule is CCOc1c(Br)cc(CNOC(C)(C)C)cc1Br. The Labute approximate surface area is 125 Å². The van der Waals surface area contributed by atoms with Gasteiger partial charge in [0.2, 0.25) is 0 Å². The molecule has 1 aromatic carbocycles. The van der Waals surface area contributed by atoms with E-state index in [1.165, 1.54) is 0 Å². The fourth-order valence-corrected chi connectivity index (χ4v) is 2.84. The van der Waals surface area contributed by atoms with Crippen LogP contribution in [0.5, 0.6) is 5.75 Å². The third-order valence-electron chi connectivity index (χ3n) is 2.00. The Morgan fingerprint density at radius 1 is 1.17 bits per heavy atom. The van der Waals surface area contributed by atoms with E-state index in [4.69, 9.17) is 9.57 Å². The van der Waals surface area contributed by atoms with Gasteiger partial charge in [-0.3, -0.25) is 4.84 Å². The second-order valence-electron chi connectivity index (χ2n) is 4.86. The normalized spacial score (nSPS) is 11.7. The number of ether oxygens (including phenoxy) is 1. The lowest BCUT2D eigenvalue weighted by Gasteiger charge is -2.19. The summed E-state index contributed by atoms with van der Waals surface area (Å²) in [6.45, 7) is 9.26. The zero-order chi connectivity index (χ0) is 13.8. The Bertz CT molecular complexity index is 379. The fraction of sp³-hybridized carbons (Fsp3) is 0.538. The van der Waals surface area contributed by atoms with Crippen LogP contribution in [0.1, 0.15) is 33.3 Å². The molecule has 0 spiro atoms. The van der Waals surface area contributed by atoms with Crippen molar-refractivity contribution in [3.05, 3.63) is 26.6 Å². The van der Waals surface area contributed by atoms with Gasteiger partial charge >= 0.3 is 0 Å². The summed E-state index contributed by atoms with van der Waals surface area (Å²) in [6, 6.07) is 4.05. The summed E-state index contributed by atoms with van der Waals surface area (Å²) in [4.78, 5) is 5.48. The molecule has 0 fully saturated rings. The Kier molecular flexibility index (Phi) is 6.11. The first-order valence-corrected chi connectivity index (χ1v) is 7.43. The predicted octanol–water partition coefficient (Wildman–Crippen LogP) is 4.43. The van der Waals surface area contributed by atoms with Gasteiger partial charge in [0.15, 0.2) is 0 Å². The molecule has 5 heteroatoms. The molecule has 0 aromatic heterocycles. The summed E-state index contributed by atoms with van der Waals surface area (Å²) in [5.74, 6) is 0.831. The van der Waals surface area contributed by atoms with Crippen molar-refractivity contribution in [3.8, 4) is 5.75 Å². The average Bonchev–Trinajstić information content (AvgIpc) is 2.21. The number of nitrogens with one attached hydrogen (secondary N) is 1. The zero-order valence-electron chi connectivity index (χ0n) is 11.1. The third-order valence-corrected chi connectivity index (χ3v) is 3.18. The van der Waals surface area contributed by atoms with Crippen molar-refractivity contribution in [2.24, 2.45) is 0 Å². The predicted molar refractivity (Wildman–Crippen MR) is 80.7 cm³/mol. The van der Waals surface area contributed by atoms with E-state index in [2.05, 4.69) is 37.3 Å². The van der Waals surface area contributed by atoms with Gasteiger partial charge < -0.3 is 4.74 Å². The topological polar surface area (TPSA) is 30.5 Å². The Morgan fingerprint density at radius 2 is 1.72 bits per heavy atom. The van der Waals surface area contributed by atoms with Gasteiger partial charge in [0.1, 0.15) is 5.75 Å². The summed E-state index contributed by atoms with van der Waals surface area (Å²) in [5, 5.41) is 0. The highest BCUT2D eigenvalue weighted by molar-refractivity contribution is 9.11. The van der Waals surface area contributed by atoms with Gasteiger partial charge in [0, 0.05) is 6.54 Å². The van der Waals surface area contributed by atoms with E-state index < -0.39 is 0 Å². The molecule has 0 saturated heterocycles. The van der Waals surface area contributed by atoms with E-state index in [1.54, 1.807) is 0 Å². The maximum absolute atomic E-state index is 5.54. The van der Waals surface area contributed by atoms with Crippen LogP contribution in [0.2, 0.25) is 0 Å². The highest BCUT2D eigenvalue weighted by Crippen LogP contribution is 2.34. The molecule has 1 rings (SSSR count). The smallest absolute Gasteiger partial charge is 0.147 e. The minimum Gasteiger partial charge on any atom is -0.492 e. The van der Waals surface area contributed by atoms with E-state index >= 15 is 0 Å². The lowest BCUT2D eigenvalue weighted by Crippen LogP contribution is -2.28. The standard InChI is InChI=1S/C13H19Br2NO2/c1-5-17-12-10(14)6-9(7-11(12)15)8-16-18-13(2,3)4/h6-7,16H,5,8H2,1-4H3. The molecule has 0 atom stereocenters. The van der Waals surface area contributed by atoms with Crippen LogP contribution in [0, 0.1) is 0 Å². The van der Waals surface area contributed by atoms with Gasteiger partial charge in [-0.25, -0.2) is 0 Å². The molecule has 0 aliphatic carbocycles. The maximum Gasteiger partial charge on any atom is 0.147 e. The van der Waals surface area contributed by atoms with Crippen molar-refractivity contribution in [2.75, 3.05) is 6.61 Å². The second kappa shape index (κ2) is 6.89. The number of halogens is 2. The molecule has 1 aromatic rings. The summed E-state index contributed by atoms with van der Waals surface area (Å²) >= 11 is 7.01. The first-order chi connectivity index (χ1) is 8.33. The largest absolute Gasteiger partial charge is 0.492 e. The minimum atomic E-state index is -0.195. The monoisotopic (exact) mass is 379 g/mol. The van der Waals surface area contributed by atoms with Crippen LogP contribution in [-0.4, -0.2) is 12.2 Å². The summed E-state index contributed by atoms with van der Waals surface area (Å²) in [7, 11) is 0. The number of hydrogen-bond acceptors (Lipinski definition) is 3. The molecule has 18 heavy (non-hydrogen) atoms. The van der Waals surface area contributed by atoms with Gasteiger partial charge in [-0.05, 0) is 77.3 Å². The highest BCUT2D eigenvalue weighted by Gasteiger charge is 2.11. The fourth-order valence-electron chi connectivity index (χ4n) is 1.33. The van der Waals surface area contributed by atoms with E-state index in [-0.39, 0.29) is 5.60 Å². The van der Waals surface area contributed by atoms with Gasteiger partial charge in [0.25, 0.3) is 0 Å². The van der Waals surface area contributed by atoms with Gasteiger partial charge in [-0.1, -0.05) is 0 Å². The zero-order valence-corrected chi connectivity index (χ0v) is 14.3. The van der Waals surface area contributed by atoms with Crippen LogP contribution in [0.3, 0.4) is 0 Å². The lowest BCUT2D eigenvalue weighted by molar-refractivity contribution is -0.0757. The Morgan fingerprint density at radius 3 is 2.17 bits per heavy atom. The van der Waals surface area contributed by atoms with Crippen LogP contribution in [0.25, 0.3) is 0 Å². The van der Waals surface area contributed by atoms with Crippen LogP contribution in [0.15, 0.2) is 21.1 Å². The summed E-state index contributed by atoms with van der Waals surface area (Å²) in [5.41, 5.74) is 3.88. The van der Waals surface area contributed by atoms with Gasteiger partial charge in [-0.2, -0.15) is 5.48 Å². The van der Waals surface area contributed by atoms with E-state index in [1.807, 2.05) is 39.8 Å². The molecule has 0 heterocycles.